The lowest BCUT2D eigenvalue weighted by Gasteiger charge is -2.39. The number of alkyl halides is 1. The number of hydrogen-bond acceptors (Lipinski definition) is 4. The summed E-state index contributed by atoms with van der Waals surface area (Å²) in [6.45, 7) is 6.95. The number of halogens is 2. The molecule has 6 heteroatoms. The van der Waals surface area contributed by atoms with Gasteiger partial charge in [-0.15, -0.1) is 11.6 Å². The Balaban J connectivity index is 2.60. The van der Waals surface area contributed by atoms with E-state index in [-0.39, 0.29) is 17.5 Å². The van der Waals surface area contributed by atoms with Crippen molar-refractivity contribution in [1.82, 2.24) is 0 Å². The number of esters is 1. The molecule has 0 radical (unpaired) electrons. The van der Waals surface area contributed by atoms with Crippen LogP contribution in [0.25, 0.3) is 0 Å². The van der Waals surface area contributed by atoms with E-state index in [0.717, 1.165) is 0 Å². The summed E-state index contributed by atoms with van der Waals surface area (Å²) in [7, 11) is 0. The second-order valence-electron chi connectivity index (χ2n) is 5.61. The molecule has 1 aliphatic rings. The third kappa shape index (κ3) is 3.28. The SMILES string of the molecule is CC1=C(C)C(OC(=O)CCl)(Sc2ccc(F)cc2)C(C)=C(C)C1=O. The molecule has 1 aromatic carbocycles. The molecule has 0 amide bonds. The van der Waals surface area contributed by atoms with E-state index >= 15 is 0 Å². The van der Waals surface area contributed by atoms with Crippen LogP contribution in [0.1, 0.15) is 27.7 Å². The Kier molecular flexibility index (Phi) is 5.56. The number of carbonyl (C=O) groups is 2. The van der Waals surface area contributed by atoms with Crippen LogP contribution in [0.2, 0.25) is 0 Å². The highest BCUT2D eigenvalue weighted by Crippen LogP contribution is 2.49. The minimum absolute atomic E-state index is 0.0674. The van der Waals surface area contributed by atoms with E-state index in [9.17, 15) is 14.0 Å². The van der Waals surface area contributed by atoms with Crippen LogP contribution < -0.4 is 0 Å². The maximum atomic E-state index is 13.2. The molecule has 0 aromatic heterocycles. The van der Waals surface area contributed by atoms with E-state index in [0.29, 0.717) is 27.2 Å². The van der Waals surface area contributed by atoms with Crippen molar-refractivity contribution in [3.63, 3.8) is 0 Å². The van der Waals surface area contributed by atoms with Crippen molar-refractivity contribution >= 4 is 35.1 Å². The molecule has 0 bridgehead atoms. The molecule has 0 aliphatic heterocycles. The van der Waals surface area contributed by atoms with Gasteiger partial charge in [0, 0.05) is 16.0 Å². The monoisotopic (exact) mass is 368 g/mol. The molecule has 0 spiro atoms. The van der Waals surface area contributed by atoms with E-state index in [2.05, 4.69) is 0 Å². The number of allylic oxidation sites excluding steroid dienone is 2. The summed E-state index contributed by atoms with van der Waals surface area (Å²) in [4.78, 5) is 23.9. The number of rotatable bonds is 4. The maximum absolute atomic E-state index is 13.2. The first-order valence-electron chi connectivity index (χ1n) is 7.36. The normalized spacial score (nSPS) is 17.3. The van der Waals surface area contributed by atoms with Gasteiger partial charge in [0.25, 0.3) is 0 Å². The zero-order valence-corrected chi connectivity index (χ0v) is 15.5. The molecule has 2 rings (SSSR count). The van der Waals surface area contributed by atoms with Crippen LogP contribution in [0.4, 0.5) is 4.39 Å². The van der Waals surface area contributed by atoms with Gasteiger partial charge in [0.15, 0.2) is 5.78 Å². The molecule has 0 saturated heterocycles. The van der Waals surface area contributed by atoms with Crippen molar-refractivity contribution in [2.75, 3.05) is 5.88 Å². The quantitative estimate of drug-likeness (QED) is 0.440. The van der Waals surface area contributed by atoms with Gasteiger partial charge >= 0.3 is 5.97 Å². The van der Waals surface area contributed by atoms with Crippen LogP contribution in [-0.4, -0.2) is 22.6 Å². The molecular weight excluding hydrogens is 351 g/mol. The average molecular weight is 369 g/mol. The van der Waals surface area contributed by atoms with Gasteiger partial charge in [0.05, 0.1) is 0 Å². The van der Waals surface area contributed by atoms with Crippen LogP contribution in [0.15, 0.2) is 51.5 Å². The molecule has 3 nitrogen and oxygen atoms in total. The average Bonchev–Trinajstić information content (AvgIpc) is 2.58. The van der Waals surface area contributed by atoms with Gasteiger partial charge in [-0.3, -0.25) is 9.59 Å². The first-order chi connectivity index (χ1) is 11.2. The van der Waals surface area contributed by atoms with Gasteiger partial charge in [-0.25, -0.2) is 4.39 Å². The van der Waals surface area contributed by atoms with Crippen LogP contribution in [0, 0.1) is 5.82 Å². The summed E-state index contributed by atoms with van der Waals surface area (Å²) in [5.74, 6) is -1.29. The topological polar surface area (TPSA) is 43.4 Å². The molecule has 0 saturated carbocycles. The highest BCUT2D eigenvalue weighted by Gasteiger charge is 2.45. The first-order valence-corrected chi connectivity index (χ1v) is 8.71. The van der Waals surface area contributed by atoms with Crippen LogP contribution in [-0.2, 0) is 14.3 Å². The lowest BCUT2D eigenvalue weighted by molar-refractivity contribution is -0.144. The molecule has 1 aliphatic carbocycles. The molecule has 0 N–H and O–H groups in total. The minimum atomic E-state index is -1.16. The second kappa shape index (κ2) is 7.11. The third-order valence-electron chi connectivity index (χ3n) is 4.24. The fourth-order valence-corrected chi connectivity index (χ4v) is 3.99. The Hall–Kier alpha value is -1.59. The van der Waals surface area contributed by atoms with Gasteiger partial charge in [-0.2, -0.15) is 0 Å². The molecular formula is C18H18ClFO3S. The van der Waals surface area contributed by atoms with Crippen LogP contribution in [0.5, 0.6) is 0 Å². The summed E-state index contributed by atoms with van der Waals surface area (Å²) in [6.07, 6.45) is 0. The van der Waals surface area contributed by atoms with Gasteiger partial charge in [-0.05, 0) is 63.1 Å². The summed E-state index contributed by atoms with van der Waals surface area (Å²) in [5.41, 5.74) is 2.36. The third-order valence-corrected chi connectivity index (χ3v) is 5.94. The van der Waals surface area contributed by atoms with Gasteiger partial charge in [0.2, 0.25) is 4.93 Å². The number of ketones is 1. The van der Waals surface area contributed by atoms with Crippen molar-refractivity contribution in [1.29, 1.82) is 0 Å². The predicted octanol–water partition coefficient (Wildman–Crippen LogP) is 4.65. The largest absolute Gasteiger partial charge is 0.438 e. The fraction of sp³-hybridized carbons (Fsp3) is 0.333. The highest BCUT2D eigenvalue weighted by molar-refractivity contribution is 8.01. The molecule has 0 heterocycles. The Bertz CT molecular complexity index is 722. The summed E-state index contributed by atoms with van der Waals surface area (Å²) < 4.78 is 18.9. The molecule has 128 valence electrons. The van der Waals surface area contributed by atoms with Crippen LogP contribution in [0.3, 0.4) is 0 Å². The zero-order valence-electron chi connectivity index (χ0n) is 13.9. The Morgan fingerprint density at radius 2 is 1.62 bits per heavy atom. The summed E-state index contributed by atoms with van der Waals surface area (Å²) >= 11 is 6.88. The van der Waals surface area contributed by atoms with Crippen LogP contribution >= 0.6 is 23.4 Å². The van der Waals surface area contributed by atoms with Crippen molar-refractivity contribution in [2.45, 2.75) is 37.5 Å². The van der Waals surface area contributed by atoms with Gasteiger partial charge < -0.3 is 4.74 Å². The number of ether oxygens (including phenoxy) is 1. The molecule has 1 aromatic rings. The number of hydrogen-bond donors (Lipinski definition) is 0. The van der Waals surface area contributed by atoms with E-state index in [1.54, 1.807) is 39.8 Å². The standard InChI is InChI=1S/C18H18ClFO3S/c1-10-12(3)18(23-16(21)9-19,13(4)11(2)17(10)22)24-15-7-5-14(20)6-8-15/h5-8H,9H2,1-4H3. The number of thioether (sulfide) groups is 1. The second-order valence-corrected chi connectivity index (χ2v) is 7.13. The number of carbonyl (C=O) groups excluding carboxylic acids is 2. The summed E-state index contributed by atoms with van der Waals surface area (Å²) in [6, 6.07) is 5.90. The number of benzene rings is 1. The fourth-order valence-electron chi connectivity index (χ4n) is 2.58. The van der Waals surface area contributed by atoms with Crippen molar-refractivity contribution < 1.29 is 18.7 Å². The smallest absolute Gasteiger partial charge is 0.322 e. The Morgan fingerprint density at radius 3 is 2.08 bits per heavy atom. The zero-order chi connectivity index (χ0) is 18.1. The Morgan fingerprint density at radius 1 is 1.12 bits per heavy atom. The van der Waals surface area contributed by atoms with Crippen molar-refractivity contribution in [2.24, 2.45) is 0 Å². The van der Waals surface area contributed by atoms with E-state index in [1.165, 1.54) is 23.9 Å². The van der Waals surface area contributed by atoms with E-state index in [1.807, 2.05) is 0 Å². The van der Waals surface area contributed by atoms with E-state index in [4.69, 9.17) is 16.3 Å². The summed E-state index contributed by atoms with van der Waals surface area (Å²) in [5, 5.41) is 0. The van der Waals surface area contributed by atoms with Crippen molar-refractivity contribution in [3.8, 4) is 0 Å². The first kappa shape index (κ1) is 18.7. The molecule has 0 atom stereocenters. The lowest BCUT2D eigenvalue weighted by Crippen LogP contribution is -2.40. The molecule has 0 unspecified atom stereocenters. The molecule has 0 fully saturated rings. The van der Waals surface area contributed by atoms with Gasteiger partial charge in [0.1, 0.15) is 11.7 Å². The number of Topliss-reactive ketones (excluding diaryl/α,β-unsaturated/α-hetero) is 1. The lowest BCUT2D eigenvalue weighted by atomic mass is 9.85. The van der Waals surface area contributed by atoms with E-state index < -0.39 is 10.9 Å². The predicted molar refractivity (Wildman–Crippen MR) is 93.6 cm³/mol. The van der Waals surface area contributed by atoms with Gasteiger partial charge in [-0.1, -0.05) is 11.8 Å². The highest BCUT2D eigenvalue weighted by atomic mass is 35.5. The Labute approximate surface area is 149 Å². The van der Waals surface area contributed by atoms with Crippen molar-refractivity contribution in [3.05, 3.63) is 52.4 Å². The molecule has 24 heavy (non-hydrogen) atoms. The minimum Gasteiger partial charge on any atom is -0.438 e. The maximum Gasteiger partial charge on any atom is 0.322 e.